The number of rotatable bonds is 5. The highest BCUT2D eigenvalue weighted by atomic mass is 32.2. The van der Waals surface area contributed by atoms with Gasteiger partial charge in [-0.25, -0.2) is 0 Å². The van der Waals surface area contributed by atoms with E-state index in [1.165, 1.54) is 34.6 Å². The monoisotopic (exact) mass is 340 g/mol. The summed E-state index contributed by atoms with van der Waals surface area (Å²) in [6.45, 7) is 6.42. The first-order valence-corrected chi connectivity index (χ1v) is 10.3. The number of hydrogen-bond acceptors (Lipinski definition) is 2. The topological polar surface area (TPSA) is 0 Å². The molecule has 0 saturated carbocycles. The Morgan fingerprint density at radius 1 is 1.00 bits per heavy atom. The van der Waals surface area contributed by atoms with Crippen molar-refractivity contribution in [1.82, 2.24) is 0 Å². The van der Waals surface area contributed by atoms with Crippen LogP contribution >= 0.6 is 23.5 Å². The van der Waals surface area contributed by atoms with Gasteiger partial charge in [-0.05, 0) is 41.0 Å². The van der Waals surface area contributed by atoms with Gasteiger partial charge in [0.2, 0.25) is 0 Å². The van der Waals surface area contributed by atoms with Crippen LogP contribution in [-0.2, 0) is 5.41 Å². The molecule has 2 aromatic carbocycles. The van der Waals surface area contributed by atoms with Crippen LogP contribution in [-0.4, -0.2) is 16.1 Å². The molecule has 0 bridgehead atoms. The molecule has 1 saturated heterocycles. The second-order valence-corrected chi connectivity index (χ2v) is 9.01. The third-order valence-corrected chi connectivity index (χ3v) is 8.08. The van der Waals surface area contributed by atoms with Crippen molar-refractivity contribution in [2.24, 2.45) is 0 Å². The van der Waals surface area contributed by atoms with E-state index < -0.39 is 0 Å². The molecule has 1 heterocycles. The van der Waals surface area contributed by atoms with Crippen LogP contribution in [0, 0.1) is 0 Å². The van der Waals surface area contributed by atoms with Crippen molar-refractivity contribution >= 4 is 23.5 Å². The first-order valence-electron chi connectivity index (χ1n) is 8.24. The summed E-state index contributed by atoms with van der Waals surface area (Å²) in [5, 5.41) is 0. The highest BCUT2D eigenvalue weighted by Gasteiger charge is 2.36. The van der Waals surface area contributed by atoms with Crippen molar-refractivity contribution in [3.05, 3.63) is 72.8 Å². The summed E-state index contributed by atoms with van der Waals surface area (Å²) in [4.78, 5) is 0. The second-order valence-electron chi connectivity index (χ2n) is 6.28. The number of allylic oxidation sites excluding steroid dienone is 1. The molecule has 2 heteroatoms. The normalized spacial score (nSPS) is 18.3. The van der Waals surface area contributed by atoms with Gasteiger partial charge in [-0.2, -0.15) is 0 Å². The lowest BCUT2D eigenvalue weighted by molar-refractivity contribution is 0.523. The van der Waals surface area contributed by atoms with Crippen LogP contribution < -0.4 is 0 Å². The standard InChI is InChI=1S/C21H24S2/c1-3-14-21(2,20-22-15-7-16-23-20)19-12-10-18(11-13-19)17-8-5-4-6-9-17/h3-6,8-13,20H,1,7,14-16H2,2H3. The maximum Gasteiger partial charge on any atom is 0.0599 e. The molecule has 1 atom stereocenters. The van der Waals surface area contributed by atoms with Crippen molar-refractivity contribution in [2.75, 3.05) is 11.5 Å². The Kier molecular flexibility index (Phi) is 5.55. The van der Waals surface area contributed by atoms with E-state index in [0.717, 1.165) is 6.42 Å². The molecular formula is C21H24S2. The van der Waals surface area contributed by atoms with Crippen molar-refractivity contribution in [3.8, 4) is 11.1 Å². The van der Waals surface area contributed by atoms with Crippen LogP contribution in [0.15, 0.2) is 67.3 Å². The molecule has 0 nitrogen and oxygen atoms in total. The molecule has 0 N–H and O–H groups in total. The summed E-state index contributed by atoms with van der Waals surface area (Å²) in [5.74, 6) is 2.57. The molecule has 1 fully saturated rings. The SMILES string of the molecule is C=CCC(C)(c1ccc(-c2ccccc2)cc1)C1SCCCS1. The summed E-state index contributed by atoms with van der Waals surface area (Å²) < 4.78 is 0.622. The molecule has 2 aromatic rings. The van der Waals surface area contributed by atoms with Crippen molar-refractivity contribution in [3.63, 3.8) is 0 Å². The van der Waals surface area contributed by atoms with Crippen molar-refractivity contribution in [2.45, 2.75) is 29.8 Å². The van der Waals surface area contributed by atoms with Gasteiger partial charge in [0.1, 0.15) is 0 Å². The first-order chi connectivity index (χ1) is 11.2. The Balaban J connectivity index is 1.89. The fourth-order valence-corrected chi connectivity index (χ4v) is 6.58. The molecule has 23 heavy (non-hydrogen) atoms. The quantitative estimate of drug-likeness (QED) is 0.579. The zero-order valence-electron chi connectivity index (χ0n) is 13.7. The molecule has 0 aromatic heterocycles. The minimum Gasteiger partial charge on any atom is -0.147 e. The Bertz CT molecular complexity index is 627. The molecule has 1 unspecified atom stereocenters. The third kappa shape index (κ3) is 3.70. The second kappa shape index (κ2) is 7.63. The molecule has 0 aliphatic carbocycles. The fraction of sp³-hybridized carbons (Fsp3) is 0.333. The van der Waals surface area contributed by atoms with E-state index in [0.29, 0.717) is 4.58 Å². The van der Waals surface area contributed by atoms with E-state index >= 15 is 0 Å². The van der Waals surface area contributed by atoms with Gasteiger partial charge in [0.15, 0.2) is 0 Å². The lowest BCUT2D eigenvalue weighted by atomic mass is 9.80. The average Bonchev–Trinajstić information content (AvgIpc) is 2.63. The highest BCUT2D eigenvalue weighted by Crippen LogP contribution is 2.47. The van der Waals surface area contributed by atoms with E-state index in [2.05, 4.69) is 97.7 Å². The average molecular weight is 341 g/mol. The summed E-state index contributed by atoms with van der Waals surface area (Å²) in [6.07, 6.45) is 4.45. The third-order valence-electron chi connectivity index (χ3n) is 4.57. The van der Waals surface area contributed by atoms with Crippen molar-refractivity contribution < 1.29 is 0 Å². The first kappa shape index (κ1) is 16.7. The molecule has 0 spiro atoms. The summed E-state index contributed by atoms with van der Waals surface area (Å²) in [5.41, 5.74) is 4.17. The zero-order chi connectivity index (χ0) is 16.1. The van der Waals surface area contributed by atoms with E-state index in [1.54, 1.807) is 0 Å². The summed E-state index contributed by atoms with van der Waals surface area (Å²) in [6, 6.07) is 19.8. The highest BCUT2D eigenvalue weighted by molar-refractivity contribution is 8.17. The van der Waals surface area contributed by atoms with E-state index in [1.807, 2.05) is 0 Å². The van der Waals surface area contributed by atoms with Gasteiger partial charge in [-0.1, -0.05) is 67.6 Å². The molecular weight excluding hydrogens is 316 g/mol. The molecule has 0 amide bonds. The molecule has 1 aliphatic rings. The van der Waals surface area contributed by atoms with Gasteiger partial charge >= 0.3 is 0 Å². The number of benzene rings is 2. The van der Waals surface area contributed by atoms with Crippen molar-refractivity contribution in [1.29, 1.82) is 0 Å². The molecule has 3 rings (SSSR count). The molecule has 1 aliphatic heterocycles. The van der Waals surface area contributed by atoms with E-state index in [9.17, 15) is 0 Å². The van der Waals surface area contributed by atoms with Gasteiger partial charge in [0, 0.05) is 5.41 Å². The summed E-state index contributed by atoms with van der Waals surface area (Å²) >= 11 is 4.24. The van der Waals surface area contributed by atoms with Gasteiger partial charge in [-0.3, -0.25) is 0 Å². The lowest BCUT2D eigenvalue weighted by Crippen LogP contribution is -2.34. The Labute approximate surface area is 148 Å². The lowest BCUT2D eigenvalue weighted by Gasteiger charge is -2.39. The minimum absolute atomic E-state index is 0.159. The van der Waals surface area contributed by atoms with Crippen LogP contribution in [0.4, 0.5) is 0 Å². The van der Waals surface area contributed by atoms with Crippen LogP contribution in [0.3, 0.4) is 0 Å². The fourth-order valence-electron chi connectivity index (χ4n) is 3.18. The van der Waals surface area contributed by atoms with Crippen LogP contribution in [0.5, 0.6) is 0 Å². The van der Waals surface area contributed by atoms with E-state index in [4.69, 9.17) is 0 Å². The maximum atomic E-state index is 4.01. The van der Waals surface area contributed by atoms with Gasteiger partial charge in [0.25, 0.3) is 0 Å². The maximum absolute atomic E-state index is 4.01. The minimum atomic E-state index is 0.159. The van der Waals surface area contributed by atoms with Gasteiger partial charge < -0.3 is 0 Å². The van der Waals surface area contributed by atoms with Gasteiger partial charge in [0.05, 0.1) is 4.58 Å². The Morgan fingerprint density at radius 2 is 1.61 bits per heavy atom. The number of thioether (sulfide) groups is 2. The molecule has 0 radical (unpaired) electrons. The predicted octanol–water partition coefficient (Wildman–Crippen LogP) is 6.38. The zero-order valence-corrected chi connectivity index (χ0v) is 15.3. The number of hydrogen-bond donors (Lipinski definition) is 0. The predicted molar refractivity (Wildman–Crippen MR) is 107 cm³/mol. The van der Waals surface area contributed by atoms with Crippen LogP contribution in [0.25, 0.3) is 11.1 Å². The van der Waals surface area contributed by atoms with E-state index in [-0.39, 0.29) is 5.41 Å². The largest absolute Gasteiger partial charge is 0.147 e. The van der Waals surface area contributed by atoms with Crippen LogP contribution in [0.2, 0.25) is 0 Å². The Hall–Kier alpha value is -1.12. The van der Waals surface area contributed by atoms with Gasteiger partial charge in [-0.15, -0.1) is 30.1 Å². The smallest absolute Gasteiger partial charge is 0.0599 e. The molecule has 120 valence electrons. The summed E-state index contributed by atoms with van der Waals surface area (Å²) in [7, 11) is 0. The Morgan fingerprint density at radius 3 is 2.22 bits per heavy atom. The van der Waals surface area contributed by atoms with Crippen LogP contribution in [0.1, 0.15) is 25.3 Å².